The number of amides is 1. The van der Waals surface area contributed by atoms with E-state index in [1.165, 1.54) is 27.4 Å². The quantitative estimate of drug-likeness (QED) is 0.656. The van der Waals surface area contributed by atoms with Crippen molar-refractivity contribution in [3.05, 3.63) is 53.1 Å². The van der Waals surface area contributed by atoms with E-state index in [1.807, 2.05) is 24.3 Å². The van der Waals surface area contributed by atoms with Crippen LogP contribution in [0.5, 0.6) is 0 Å². The highest BCUT2D eigenvalue weighted by Crippen LogP contribution is 2.28. The minimum atomic E-state index is -0.120. The second-order valence-corrected chi connectivity index (χ2v) is 7.70. The molecule has 0 unspecified atom stereocenters. The molecule has 0 radical (unpaired) electrons. The van der Waals surface area contributed by atoms with Crippen molar-refractivity contribution < 1.29 is 4.79 Å². The standard InChI is InChI=1S/C18H18N2OS2/c1-4-22-14-7-5-13(6-8-14)17(21)20-18-19-15-9-11(2)12(3)10-16(15)23-18/h5-10H,4H2,1-3H3,(H,19,20,21). The lowest BCUT2D eigenvalue weighted by atomic mass is 10.1. The predicted octanol–water partition coefficient (Wildman–Crippen LogP) is 5.28. The van der Waals surface area contributed by atoms with Gasteiger partial charge in [-0.15, -0.1) is 11.8 Å². The van der Waals surface area contributed by atoms with Crippen LogP contribution in [-0.4, -0.2) is 16.6 Å². The molecule has 0 saturated carbocycles. The molecule has 0 aliphatic carbocycles. The summed E-state index contributed by atoms with van der Waals surface area (Å²) < 4.78 is 1.10. The number of benzene rings is 2. The van der Waals surface area contributed by atoms with Crippen LogP contribution in [0.1, 0.15) is 28.4 Å². The average Bonchev–Trinajstić information content (AvgIpc) is 2.90. The monoisotopic (exact) mass is 342 g/mol. The molecule has 1 N–H and O–H groups in total. The molecule has 118 valence electrons. The van der Waals surface area contributed by atoms with Gasteiger partial charge in [0.15, 0.2) is 5.13 Å². The number of aryl methyl sites for hydroxylation is 2. The summed E-state index contributed by atoms with van der Waals surface area (Å²) in [5.74, 6) is 0.904. The van der Waals surface area contributed by atoms with E-state index in [4.69, 9.17) is 0 Å². The van der Waals surface area contributed by atoms with Crippen molar-refractivity contribution in [2.75, 3.05) is 11.1 Å². The minimum absolute atomic E-state index is 0.120. The number of carbonyl (C=O) groups is 1. The average molecular weight is 342 g/mol. The summed E-state index contributed by atoms with van der Waals surface area (Å²) in [4.78, 5) is 18.0. The zero-order valence-corrected chi connectivity index (χ0v) is 15.0. The predicted molar refractivity (Wildman–Crippen MR) is 99.9 cm³/mol. The number of hydrogen-bond donors (Lipinski definition) is 1. The summed E-state index contributed by atoms with van der Waals surface area (Å²) in [6, 6.07) is 11.9. The molecule has 23 heavy (non-hydrogen) atoms. The van der Waals surface area contributed by atoms with Crippen LogP contribution in [0.25, 0.3) is 10.2 Å². The Labute approximate surface area is 144 Å². The molecule has 0 atom stereocenters. The van der Waals surface area contributed by atoms with Crippen molar-refractivity contribution in [1.29, 1.82) is 0 Å². The summed E-state index contributed by atoms with van der Waals surface area (Å²) in [7, 11) is 0. The third-order valence-corrected chi connectivity index (χ3v) is 5.48. The summed E-state index contributed by atoms with van der Waals surface area (Å²) in [6.07, 6.45) is 0. The number of fused-ring (bicyclic) bond motifs is 1. The molecule has 3 rings (SSSR count). The lowest BCUT2D eigenvalue weighted by molar-refractivity contribution is 0.102. The maximum absolute atomic E-state index is 12.3. The molecule has 0 spiro atoms. The first-order chi connectivity index (χ1) is 11.1. The highest BCUT2D eigenvalue weighted by atomic mass is 32.2. The van der Waals surface area contributed by atoms with Gasteiger partial charge in [0.05, 0.1) is 10.2 Å². The van der Waals surface area contributed by atoms with Crippen LogP contribution in [-0.2, 0) is 0 Å². The van der Waals surface area contributed by atoms with Gasteiger partial charge in [-0.2, -0.15) is 0 Å². The number of thioether (sulfide) groups is 1. The number of carbonyl (C=O) groups excluding carboxylic acids is 1. The van der Waals surface area contributed by atoms with E-state index in [2.05, 4.69) is 43.2 Å². The highest BCUT2D eigenvalue weighted by molar-refractivity contribution is 7.99. The number of anilines is 1. The zero-order chi connectivity index (χ0) is 16.4. The second-order valence-electron chi connectivity index (χ2n) is 5.33. The van der Waals surface area contributed by atoms with Crippen molar-refractivity contribution >= 4 is 44.4 Å². The number of hydrogen-bond acceptors (Lipinski definition) is 4. The van der Waals surface area contributed by atoms with Gasteiger partial charge in [0.1, 0.15) is 0 Å². The highest BCUT2D eigenvalue weighted by Gasteiger charge is 2.11. The van der Waals surface area contributed by atoms with E-state index in [0.29, 0.717) is 10.7 Å². The fraction of sp³-hybridized carbons (Fsp3) is 0.222. The summed E-state index contributed by atoms with van der Waals surface area (Å²) in [6.45, 7) is 6.27. The fourth-order valence-electron chi connectivity index (χ4n) is 2.27. The van der Waals surface area contributed by atoms with E-state index in [0.717, 1.165) is 16.0 Å². The Kier molecular flexibility index (Phi) is 4.68. The van der Waals surface area contributed by atoms with Gasteiger partial charge in [-0.1, -0.05) is 18.3 Å². The Morgan fingerprint density at radius 3 is 2.57 bits per heavy atom. The third-order valence-electron chi connectivity index (χ3n) is 3.65. The fourth-order valence-corrected chi connectivity index (χ4v) is 3.87. The molecule has 2 aromatic carbocycles. The van der Waals surface area contributed by atoms with E-state index in [-0.39, 0.29) is 5.91 Å². The van der Waals surface area contributed by atoms with Crippen molar-refractivity contribution in [1.82, 2.24) is 4.98 Å². The molecule has 5 heteroatoms. The Balaban J connectivity index is 1.79. The normalized spacial score (nSPS) is 10.9. The first-order valence-corrected chi connectivity index (χ1v) is 9.29. The molecular formula is C18H18N2OS2. The molecule has 1 heterocycles. The Morgan fingerprint density at radius 1 is 1.17 bits per heavy atom. The van der Waals surface area contributed by atoms with Gasteiger partial charge in [-0.05, 0) is 67.1 Å². The van der Waals surface area contributed by atoms with Crippen molar-refractivity contribution in [3.8, 4) is 0 Å². The van der Waals surface area contributed by atoms with Crippen LogP contribution < -0.4 is 5.32 Å². The number of aromatic nitrogens is 1. The summed E-state index contributed by atoms with van der Waals surface area (Å²) >= 11 is 3.27. The molecule has 0 bridgehead atoms. The van der Waals surface area contributed by atoms with Gasteiger partial charge in [0.25, 0.3) is 5.91 Å². The number of rotatable bonds is 4. The van der Waals surface area contributed by atoms with E-state index in [1.54, 1.807) is 11.8 Å². The maximum Gasteiger partial charge on any atom is 0.257 e. The summed E-state index contributed by atoms with van der Waals surface area (Å²) in [5.41, 5.74) is 4.04. The van der Waals surface area contributed by atoms with E-state index >= 15 is 0 Å². The smallest absolute Gasteiger partial charge is 0.257 e. The molecule has 0 aliphatic heterocycles. The third kappa shape index (κ3) is 3.57. The Hall–Kier alpha value is -1.85. The van der Waals surface area contributed by atoms with Crippen LogP contribution in [0.2, 0.25) is 0 Å². The molecule has 1 aromatic heterocycles. The van der Waals surface area contributed by atoms with Gasteiger partial charge in [-0.3, -0.25) is 10.1 Å². The van der Waals surface area contributed by atoms with Gasteiger partial charge < -0.3 is 0 Å². The van der Waals surface area contributed by atoms with Gasteiger partial charge >= 0.3 is 0 Å². The van der Waals surface area contributed by atoms with Crippen molar-refractivity contribution in [2.45, 2.75) is 25.7 Å². The minimum Gasteiger partial charge on any atom is -0.298 e. The van der Waals surface area contributed by atoms with Crippen molar-refractivity contribution in [2.24, 2.45) is 0 Å². The molecule has 0 fully saturated rings. The summed E-state index contributed by atoms with van der Waals surface area (Å²) in [5, 5.41) is 3.54. The first-order valence-electron chi connectivity index (χ1n) is 7.49. The van der Waals surface area contributed by atoms with Crippen molar-refractivity contribution in [3.63, 3.8) is 0 Å². The van der Waals surface area contributed by atoms with Gasteiger partial charge in [0.2, 0.25) is 0 Å². The molecule has 3 aromatic rings. The van der Waals surface area contributed by atoms with Crippen LogP contribution >= 0.6 is 23.1 Å². The Morgan fingerprint density at radius 2 is 1.87 bits per heavy atom. The molecule has 0 saturated heterocycles. The largest absolute Gasteiger partial charge is 0.298 e. The maximum atomic E-state index is 12.3. The lowest BCUT2D eigenvalue weighted by Gasteiger charge is -2.03. The van der Waals surface area contributed by atoms with Crippen LogP contribution in [0.4, 0.5) is 5.13 Å². The SMILES string of the molecule is CCSc1ccc(C(=O)Nc2nc3cc(C)c(C)cc3s2)cc1. The topological polar surface area (TPSA) is 42.0 Å². The Bertz CT molecular complexity index is 814. The lowest BCUT2D eigenvalue weighted by Crippen LogP contribution is -2.11. The number of nitrogens with one attached hydrogen (secondary N) is 1. The zero-order valence-electron chi connectivity index (χ0n) is 13.3. The van der Waals surface area contributed by atoms with Crippen LogP contribution in [0, 0.1) is 13.8 Å². The number of nitrogens with zero attached hydrogens (tertiary/aromatic N) is 1. The van der Waals surface area contributed by atoms with Gasteiger partial charge in [0, 0.05) is 10.5 Å². The van der Waals surface area contributed by atoms with Gasteiger partial charge in [-0.25, -0.2) is 4.98 Å². The number of thiazole rings is 1. The van der Waals surface area contributed by atoms with Crippen LogP contribution in [0.3, 0.4) is 0 Å². The van der Waals surface area contributed by atoms with E-state index < -0.39 is 0 Å². The molecule has 0 aliphatic rings. The molecular weight excluding hydrogens is 324 g/mol. The van der Waals surface area contributed by atoms with E-state index in [9.17, 15) is 4.79 Å². The van der Waals surface area contributed by atoms with Crippen LogP contribution in [0.15, 0.2) is 41.3 Å². The first kappa shape index (κ1) is 16.0. The molecule has 1 amide bonds. The second kappa shape index (κ2) is 6.72. The molecule has 3 nitrogen and oxygen atoms in total.